The number of aliphatic hydroxyl groups excluding tert-OH is 1. The van der Waals surface area contributed by atoms with Gasteiger partial charge in [0, 0.05) is 19.1 Å². The van der Waals surface area contributed by atoms with E-state index in [1.807, 2.05) is 42.5 Å². The molecule has 3 nitrogen and oxygen atoms in total. The highest BCUT2D eigenvalue weighted by atomic mass is 16.3. The zero-order chi connectivity index (χ0) is 17.9. The van der Waals surface area contributed by atoms with Crippen LogP contribution in [0.3, 0.4) is 0 Å². The quantitative estimate of drug-likeness (QED) is 0.821. The van der Waals surface area contributed by atoms with Gasteiger partial charge in [-0.15, -0.1) is 0 Å². The lowest BCUT2D eigenvalue weighted by atomic mass is 9.83. The number of hydrogen-bond acceptors (Lipinski definition) is 3. The molecule has 3 heteroatoms. The summed E-state index contributed by atoms with van der Waals surface area (Å²) in [7, 11) is 0. The molecule has 1 atom stereocenters. The van der Waals surface area contributed by atoms with Gasteiger partial charge in [-0.3, -0.25) is 9.79 Å². The van der Waals surface area contributed by atoms with E-state index in [1.165, 1.54) is 16.7 Å². The smallest absolute Gasteiger partial charge is 0.168 e. The number of nitrogens with zero attached hydrogens (tertiary/aromatic N) is 1. The number of aliphatic imine (C=N–C) groups is 1. The standard InChI is InChI=1S/C23H21NO2/c25-22-12-20(17-6-2-1-3-7-17)13-23(26)21(22)15-24-14-16-10-18-8-4-5-9-19(18)11-16/h1-10,15,20,25H,11-14H2. The van der Waals surface area contributed by atoms with Gasteiger partial charge in [-0.1, -0.05) is 60.7 Å². The topological polar surface area (TPSA) is 49.7 Å². The Morgan fingerprint density at radius 1 is 1.04 bits per heavy atom. The Kier molecular flexibility index (Phi) is 4.53. The largest absolute Gasteiger partial charge is 0.511 e. The second-order valence-corrected chi connectivity index (χ2v) is 6.95. The summed E-state index contributed by atoms with van der Waals surface area (Å²) in [6.07, 6.45) is 5.54. The molecular weight excluding hydrogens is 322 g/mol. The highest BCUT2D eigenvalue weighted by Gasteiger charge is 2.27. The molecule has 2 aliphatic rings. The third kappa shape index (κ3) is 3.38. The highest BCUT2D eigenvalue weighted by Crippen LogP contribution is 2.33. The van der Waals surface area contributed by atoms with Crippen LogP contribution in [-0.2, 0) is 11.2 Å². The second-order valence-electron chi connectivity index (χ2n) is 6.95. The predicted octanol–water partition coefficient (Wildman–Crippen LogP) is 4.66. The van der Waals surface area contributed by atoms with Crippen LogP contribution in [-0.4, -0.2) is 23.6 Å². The van der Waals surface area contributed by atoms with Gasteiger partial charge in [0.05, 0.1) is 12.1 Å². The number of hydrogen-bond donors (Lipinski definition) is 1. The molecule has 0 saturated carbocycles. The van der Waals surface area contributed by atoms with Crippen molar-refractivity contribution in [2.75, 3.05) is 6.54 Å². The minimum Gasteiger partial charge on any atom is -0.511 e. The number of rotatable bonds is 4. The van der Waals surface area contributed by atoms with E-state index in [0.29, 0.717) is 25.0 Å². The number of allylic oxidation sites excluding steroid dienone is 2. The van der Waals surface area contributed by atoms with Gasteiger partial charge in [0.15, 0.2) is 5.78 Å². The molecule has 0 radical (unpaired) electrons. The SMILES string of the molecule is O=C1CC(c2ccccc2)CC(O)=C1C=NCC1=Cc2ccccc2C1. The number of ketones is 1. The van der Waals surface area contributed by atoms with Gasteiger partial charge in [0.2, 0.25) is 0 Å². The van der Waals surface area contributed by atoms with Crippen LogP contribution in [0.1, 0.15) is 35.4 Å². The molecule has 26 heavy (non-hydrogen) atoms. The van der Waals surface area contributed by atoms with Crippen molar-refractivity contribution in [2.24, 2.45) is 4.99 Å². The Morgan fingerprint density at radius 3 is 2.58 bits per heavy atom. The maximum atomic E-state index is 12.5. The molecule has 0 heterocycles. The van der Waals surface area contributed by atoms with E-state index in [1.54, 1.807) is 6.21 Å². The first-order valence-corrected chi connectivity index (χ1v) is 8.98. The van der Waals surface area contributed by atoms with Crippen LogP contribution >= 0.6 is 0 Å². The molecule has 0 aliphatic heterocycles. The Labute approximate surface area is 153 Å². The van der Waals surface area contributed by atoms with Gasteiger partial charge in [0.25, 0.3) is 0 Å². The summed E-state index contributed by atoms with van der Waals surface area (Å²) in [4.78, 5) is 16.9. The maximum absolute atomic E-state index is 12.5. The molecule has 2 aliphatic carbocycles. The number of benzene rings is 2. The first-order chi connectivity index (χ1) is 12.7. The van der Waals surface area contributed by atoms with Crippen molar-refractivity contribution in [3.63, 3.8) is 0 Å². The molecule has 1 unspecified atom stereocenters. The van der Waals surface area contributed by atoms with Crippen molar-refractivity contribution >= 4 is 18.1 Å². The number of fused-ring (bicyclic) bond motifs is 1. The van der Waals surface area contributed by atoms with E-state index in [-0.39, 0.29) is 17.5 Å². The predicted molar refractivity (Wildman–Crippen MR) is 105 cm³/mol. The third-order valence-electron chi connectivity index (χ3n) is 5.10. The fraction of sp³-hybridized carbons (Fsp3) is 0.217. The average molecular weight is 343 g/mol. The molecule has 2 aromatic carbocycles. The Morgan fingerprint density at radius 2 is 1.81 bits per heavy atom. The summed E-state index contributed by atoms with van der Waals surface area (Å²) in [5.74, 6) is 0.172. The molecule has 4 rings (SSSR count). The normalized spacial score (nSPS) is 19.8. The summed E-state index contributed by atoms with van der Waals surface area (Å²) in [5, 5.41) is 10.4. The maximum Gasteiger partial charge on any atom is 0.168 e. The van der Waals surface area contributed by atoms with E-state index in [0.717, 1.165) is 12.0 Å². The number of Topliss-reactive ketones (excluding diaryl/α,β-unsaturated/α-hetero) is 1. The zero-order valence-electron chi connectivity index (χ0n) is 14.6. The van der Waals surface area contributed by atoms with E-state index < -0.39 is 0 Å². The van der Waals surface area contributed by atoms with Crippen LogP contribution < -0.4 is 0 Å². The molecule has 0 spiro atoms. The second kappa shape index (κ2) is 7.12. The van der Waals surface area contributed by atoms with Crippen LogP contribution in [0.5, 0.6) is 0 Å². The lowest BCUT2D eigenvalue weighted by molar-refractivity contribution is -0.116. The molecule has 1 N–H and O–H groups in total. The Bertz CT molecular complexity index is 922. The summed E-state index contributed by atoms with van der Waals surface area (Å²) in [6.45, 7) is 0.556. The summed E-state index contributed by atoms with van der Waals surface area (Å²) < 4.78 is 0. The van der Waals surface area contributed by atoms with Crippen molar-refractivity contribution in [3.05, 3.63) is 88.2 Å². The molecule has 2 aromatic rings. The van der Waals surface area contributed by atoms with Crippen molar-refractivity contribution in [1.29, 1.82) is 0 Å². The monoisotopic (exact) mass is 343 g/mol. The fourth-order valence-corrected chi connectivity index (χ4v) is 3.72. The molecule has 130 valence electrons. The van der Waals surface area contributed by atoms with Crippen molar-refractivity contribution in [1.82, 2.24) is 0 Å². The van der Waals surface area contributed by atoms with Crippen LogP contribution in [0, 0.1) is 0 Å². The fourth-order valence-electron chi connectivity index (χ4n) is 3.72. The van der Waals surface area contributed by atoms with Crippen LogP contribution in [0.15, 0.2) is 76.5 Å². The van der Waals surface area contributed by atoms with Gasteiger partial charge >= 0.3 is 0 Å². The molecule has 0 saturated heterocycles. The van der Waals surface area contributed by atoms with Crippen molar-refractivity contribution < 1.29 is 9.90 Å². The Balaban J connectivity index is 1.43. The van der Waals surface area contributed by atoms with Gasteiger partial charge in [0.1, 0.15) is 5.76 Å². The van der Waals surface area contributed by atoms with Gasteiger partial charge in [-0.25, -0.2) is 0 Å². The van der Waals surface area contributed by atoms with E-state index in [9.17, 15) is 9.90 Å². The molecular formula is C23H21NO2. The van der Waals surface area contributed by atoms with Crippen LogP contribution in [0.25, 0.3) is 6.08 Å². The third-order valence-corrected chi connectivity index (χ3v) is 5.10. The van der Waals surface area contributed by atoms with E-state index in [2.05, 4.69) is 23.2 Å². The lowest BCUT2D eigenvalue weighted by Gasteiger charge is -2.22. The first kappa shape index (κ1) is 16.5. The van der Waals surface area contributed by atoms with Gasteiger partial charge in [-0.2, -0.15) is 0 Å². The number of carbonyl (C=O) groups excluding carboxylic acids is 1. The summed E-state index contributed by atoms with van der Waals surface area (Å²) in [6, 6.07) is 18.2. The minimum absolute atomic E-state index is 0.0324. The summed E-state index contributed by atoms with van der Waals surface area (Å²) >= 11 is 0. The van der Waals surface area contributed by atoms with E-state index in [4.69, 9.17) is 0 Å². The van der Waals surface area contributed by atoms with Crippen molar-refractivity contribution in [3.8, 4) is 0 Å². The van der Waals surface area contributed by atoms with Crippen molar-refractivity contribution in [2.45, 2.75) is 25.2 Å². The molecule has 0 aromatic heterocycles. The highest BCUT2D eigenvalue weighted by molar-refractivity contribution is 6.14. The molecule has 0 bridgehead atoms. The van der Waals surface area contributed by atoms with Gasteiger partial charge in [-0.05, 0) is 34.6 Å². The summed E-state index contributed by atoms with van der Waals surface area (Å²) in [5.41, 5.74) is 5.26. The Hall–Kier alpha value is -2.94. The van der Waals surface area contributed by atoms with Crippen LogP contribution in [0.2, 0.25) is 0 Å². The lowest BCUT2D eigenvalue weighted by Crippen LogP contribution is -2.19. The molecule has 0 amide bonds. The number of aliphatic hydroxyl groups is 1. The van der Waals surface area contributed by atoms with Crippen LogP contribution in [0.4, 0.5) is 0 Å². The van der Waals surface area contributed by atoms with E-state index >= 15 is 0 Å². The minimum atomic E-state index is -0.0324. The number of carbonyl (C=O) groups is 1. The average Bonchev–Trinajstić information content (AvgIpc) is 3.07. The van der Waals surface area contributed by atoms with Gasteiger partial charge < -0.3 is 5.11 Å². The first-order valence-electron chi connectivity index (χ1n) is 8.98. The molecule has 0 fully saturated rings. The zero-order valence-corrected chi connectivity index (χ0v) is 14.6.